The van der Waals surface area contributed by atoms with Gasteiger partial charge < -0.3 is 14.6 Å². The molecular weight excluding hydrogens is 232 g/mol. The Hall–Kier alpha value is -1.81. The van der Waals surface area contributed by atoms with Crippen LogP contribution in [0, 0.1) is 0 Å². The number of carboxylic acid groups (broad SMARTS) is 1. The minimum absolute atomic E-state index is 0.609. The highest BCUT2D eigenvalue weighted by atomic mass is 16.5. The maximum Gasteiger partial charge on any atom is 0.328 e. The number of hydrogen-bond donors (Lipinski definition) is 1. The molecule has 1 N–H and O–H groups in total. The van der Waals surface area contributed by atoms with Gasteiger partial charge in [-0.25, -0.2) is 4.79 Å². The van der Waals surface area contributed by atoms with E-state index in [2.05, 4.69) is 0 Å². The molecule has 0 aliphatic carbocycles. The van der Waals surface area contributed by atoms with E-state index in [9.17, 15) is 4.79 Å². The lowest BCUT2D eigenvalue weighted by Gasteiger charge is -2.08. The molecule has 4 heteroatoms. The largest absolute Gasteiger partial charge is 0.497 e. The average Bonchev–Trinajstić information content (AvgIpc) is 2.37. The van der Waals surface area contributed by atoms with Crippen LogP contribution in [0.15, 0.2) is 24.3 Å². The van der Waals surface area contributed by atoms with Crippen molar-refractivity contribution >= 4 is 12.0 Å². The molecule has 98 valence electrons. The van der Waals surface area contributed by atoms with E-state index in [4.69, 9.17) is 14.6 Å². The van der Waals surface area contributed by atoms with Crippen LogP contribution in [0.4, 0.5) is 0 Å². The molecule has 1 rings (SSSR count). The number of benzene rings is 1. The molecule has 0 spiro atoms. The van der Waals surface area contributed by atoms with Crippen molar-refractivity contribution in [2.24, 2.45) is 0 Å². The van der Waals surface area contributed by atoms with Gasteiger partial charge in [-0.15, -0.1) is 0 Å². The lowest BCUT2D eigenvalue weighted by molar-refractivity contribution is -0.131. The first-order valence-electron chi connectivity index (χ1n) is 5.83. The van der Waals surface area contributed by atoms with Crippen LogP contribution in [0.25, 0.3) is 6.08 Å². The van der Waals surface area contributed by atoms with Gasteiger partial charge in [-0.05, 0) is 42.7 Å². The highest BCUT2D eigenvalue weighted by Gasteiger charge is 2.03. The van der Waals surface area contributed by atoms with Gasteiger partial charge in [0.1, 0.15) is 5.75 Å². The Bertz CT molecular complexity index is 424. The smallest absolute Gasteiger partial charge is 0.328 e. The summed E-state index contributed by atoms with van der Waals surface area (Å²) < 4.78 is 10.5. The molecule has 18 heavy (non-hydrogen) atoms. The van der Waals surface area contributed by atoms with Gasteiger partial charge in [-0.2, -0.15) is 0 Å². The Labute approximate surface area is 107 Å². The Morgan fingerprint density at radius 2 is 2.22 bits per heavy atom. The Balaban J connectivity index is 2.89. The average molecular weight is 250 g/mol. The number of carbonyl (C=O) groups is 1. The van der Waals surface area contributed by atoms with Crippen LogP contribution in [0.2, 0.25) is 0 Å². The zero-order valence-electron chi connectivity index (χ0n) is 10.7. The van der Waals surface area contributed by atoms with Crippen LogP contribution in [0.3, 0.4) is 0 Å². The predicted molar refractivity (Wildman–Crippen MR) is 69.9 cm³/mol. The number of rotatable bonds is 7. The summed E-state index contributed by atoms with van der Waals surface area (Å²) in [4.78, 5) is 10.5. The van der Waals surface area contributed by atoms with E-state index in [1.54, 1.807) is 13.2 Å². The Morgan fingerprint density at radius 1 is 1.44 bits per heavy atom. The molecule has 0 amide bonds. The van der Waals surface area contributed by atoms with Gasteiger partial charge in [0.2, 0.25) is 0 Å². The van der Waals surface area contributed by atoms with Crippen molar-refractivity contribution in [3.8, 4) is 5.75 Å². The van der Waals surface area contributed by atoms with E-state index in [-0.39, 0.29) is 0 Å². The molecule has 1 aromatic rings. The highest BCUT2D eigenvalue weighted by Crippen LogP contribution is 2.19. The van der Waals surface area contributed by atoms with Crippen LogP contribution in [-0.4, -0.2) is 31.4 Å². The van der Waals surface area contributed by atoms with Crippen molar-refractivity contribution < 1.29 is 19.4 Å². The van der Waals surface area contributed by atoms with E-state index in [0.29, 0.717) is 13.2 Å². The van der Waals surface area contributed by atoms with Crippen molar-refractivity contribution in [3.05, 3.63) is 35.4 Å². The van der Waals surface area contributed by atoms with Gasteiger partial charge in [0.15, 0.2) is 0 Å². The van der Waals surface area contributed by atoms with E-state index in [0.717, 1.165) is 29.4 Å². The van der Waals surface area contributed by atoms with Gasteiger partial charge in [0, 0.05) is 12.7 Å². The van der Waals surface area contributed by atoms with Crippen molar-refractivity contribution in [3.63, 3.8) is 0 Å². The molecule has 0 aliphatic rings. The second kappa shape index (κ2) is 7.50. The first kappa shape index (κ1) is 14.3. The molecule has 0 heterocycles. The van der Waals surface area contributed by atoms with E-state index in [1.807, 2.05) is 25.1 Å². The molecule has 4 nitrogen and oxygen atoms in total. The van der Waals surface area contributed by atoms with Gasteiger partial charge in [-0.1, -0.05) is 6.07 Å². The minimum Gasteiger partial charge on any atom is -0.497 e. The van der Waals surface area contributed by atoms with Crippen molar-refractivity contribution in [1.29, 1.82) is 0 Å². The zero-order valence-corrected chi connectivity index (χ0v) is 10.7. The third kappa shape index (κ3) is 4.59. The number of aliphatic carboxylic acids is 1. The fourth-order valence-electron chi connectivity index (χ4n) is 1.58. The Kier molecular flexibility index (Phi) is 5.94. The minimum atomic E-state index is -0.957. The van der Waals surface area contributed by atoms with Gasteiger partial charge in [0.05, 0.1) is 13.7 Å². The quantitative estimate of drug-likeness (QED) is 0.596. The topological polar surface area (TPSA) is 55.8 Å². The van der Waals surface area contributed by atoms with E-state index in [1.165, 1.54) is 0 Å². The maximum absolute atomic E-state index is 10.5. The van der Waals surface area contributed by atoms with Crippen molar-refractivity contribution in [1.82, 2.24) is 0 Å². The summed E-state index contributed by atoms with van der Waals surface area (Å²) in [7, 11) is 1.61. The number of carboxylic acids is 1. The van der Waals surface area contributed by atoms with Crippen LogP contribution in [0.5, 0.6) is 5.75 Å². The molecule has 0 radical (unpaired) electrons. The first-order valence-corrected chi connectivity index (χ1v) is 5.83. The summed E-state index contributed by atoms with van der Waals surface area (Å²) in [5.74, 6) is -0.199. The summed E-state index contributed by atoms with van der Waals surface area (Å²) in [6, 6.07) is 5.56. The summed E-state index contributed by atoms with van der Waals surface area (Å²) >= 11 is 0. The van der Waals surface area contributed by atoms with Crippen molar-refractivity contribution in [2.45, 2.75) is 13.3 Å². The maximum atomic E-state index is 10.5. The number of hydrogen-bond acceptors (Lipinski definition) is 3. The lowest BCUT2D eigenvalue weighted by Crippen LogP contribution is -2.00. The summed E-state index contributed by atoms with van der Waals surface area (Å²) in [6.07, 6.45) is 3.44. The van der Waals surface area contributed by atoms with Gasteiger partial charge >= 0.3 is 5.97 Å². The fraction of sp³-hybridized carbons (Fsp3) is 0.357. The molecule has 0 aliphatic heterocycles. The van der Waals surface area contributed by atoms with E-state index >= 15 is 0 Å². The number of ether oxygens (including phenoxy) is 2. The molecule has 0 bridgehead atoms. The van der Waals surface area contributed by atoms with Crippen LogP contribution in [-0.2, 0) is 16.0 Å². The highest BCUT2D eigenvalue weighted by molar-refractivity contribution is 5.85. The van der Waals surface area contributed by atoms with Gasteiger partial charge in [0.25, 0.3) is 0 Å². The third-order valence-electron chi connectivity index (χ3n) is 2.48. The number of methoxy groups -OCH3 is 1. The molecule has 0 aromatic heterocycles. The normalized spacial score (nSPS) is 10.8. The molecule has 0 saturated heterocycles. The molecule has 0 unspecified atom stereocenters. The lowest BCUT2D eigenvalue weighted by atomic mass is 10.0. The molecular formula is C14H18O4. The third-order valence-corrected chi connectivity index (χ3v) is 2.48. The SMILES string of the molecule is CCOCCc1cc(OC)ccc1/C=C/C(=O)O. The first-order chi connectivity index (χ1) is 8.67. The molecule has 0 fully saturated rings. The van der Waals surface area contributed by atoms with E-state index < -0.39 is 5.97 Å². The molecule has 1 aromatic carbocycles. The van der Waals surface area contributed by atoms with Gasteiger partial charge in [-0.3, -0.25) is 0 Å². The summed E-state index contributed by atoms with van der Waals surface area (Å²) in [5.41, 5.74) is 1.89. The Morgan fingerprint density at radius 3 is 2.83 bits per heavy atom. The molecule has 0 atom stereocenters. The predicted octanol–water partition coefficient (Wildman–Crippen LogP) is 2.37. The van der Waals surface area contributed by atoms with Crippen LogP contribution in [0.1, 0.15) is 18.1 Å². The standard InChI is InChI=1S/C14H18O4/c1-3-18-9-8-12-10-13(17-2)6-4-11(12)5-7-14(15)16/h4-7,10H,3,8-9H2,1-2H3,(H,15,16)/b7-5+. The van der Waals surface area contributed by atoms with Crippen LogP contribution < -0.4 is 4.74 Å². The second-order valence-electron chi connectivity index (χ2n) is 3.68. The fourth-order valence-corrected chi connectivity index (χ4v) is 1.58. The zero-order chi connectivity index (χ0) is 13.4. The summed E-state index contributed by atoms with van der Waals surface area (Å²) in [5, 5.41) is 8.64. The summed E-state index contributed by atoms with van der Waals surface area (Å²) in [6.45, 7) is 3.22. The second-order valence-corrected chi connectivity index (χ2v) is 3.68. The van der Waals surface area contributed by atoms with Crippen LogP contribution >= 0.6 is 0 Å². The molecule has 0 saturated carbocycles. The monoisotopic (exact) mass is 250 g/mol. The van der Waals surface area contributed by atoms with Crippen molar-refractivity contribution in [2.75, 3.05) is 20.3 Å².